The Kier molecular flexibility index (Phi) is 4.78. The molecule has 1 heterocycles. The average molecular weight is 373 g/mol. The molecular weight excluding hydrogens is 350 g/mol. The summed E-state index contributed by atoms with van der Waals surface area (Å²) in [5.41, 5.74) is 7.00. The van der Waals surface area contributed by atoms with Gasteiger partial charge in [-0.1, -0.05) is 6.07 Å². The van der Waals surface area contributed by atoms with Gasteiger partial charge in [0.15, 0.2) is 5.58 Å². The zero-order valence-corrected chi connectivity index (χ0v) is 16.6. The Labute approximate surface area is 164 Å². The highest BCUT2D eigenvalue weighted by Gasteiger charge is 2.12. The topological polar surface area (TPSA) is 44.5 Å². The van der Waals surface area contributed by atoms with Crippen molar-refractivity contribution in [1.82, 2.24) is 4.98 Å². The van der Waals surface area contributed by atoms with Crippen molar-refractivity contribution in [3.05, 3.63) is 65.7 Å². The fourth-order valence-electron chi connectivity index (χ4n) is 3.53. The standard InChI is InChI=1S/C24H23NO3/c1-5-27-20-9-6-17(7-10-20)24-25-21-11-8-18(14-22(21)28-24)19-12-15(2)23(26-4)16(3)13-19/h6-14H,5H2,1-4H3. The number of aryl methyl sites for hydroxylation is 2. The number of nitrogens with zero attached hydrogens (tertiary/aromatic N) is 1. The van der Waals surface area contributed by atoms with Crippen LogP contribution in [0, 0.1) is 13.8 Å². The second-order valence-electron chi connectivity index (χ2n) is 6.80. The Bertz CT molecular complexity index is 1100. The number of oxazole rings is 1. The second kappa shape index (κ2) is 7.39. The van der Waals surface area contributed by atoms with Crippen LogP contribution >= 0.6 is 0 Å². The summed E-state index contributed by atoms with van der Waals surface area (Å²) in [7, 11) is 1.71. The highest BCUT2D eigenvalue weighted by atomic mass is 16.5. The van der Waals surface area contributed by atoms with Gasteiger partial charge in [-0.3, -0.25) is 0 Å². The highest BCUT2D eigenvalue weighted by molar-refractivity contribution is 5.82. The van der Waals surface area contributed by atoms with E-state index in [9.17, 15) is 0 Å². The zero-order chi connectivity index (χ0) is 19.7. The number of methoxy groups -OCH3 is 1. The molecule has 0 bridgehead atoms. The first kappa shape index (κ1) is 18.1. The van der Waals surface area contributed by atoms with E-state index in [4.69, 9.17) is 13.9 Å². The number of fused-ring (bicyclic) bond motifs is 1. The number of hydrogen-bond donors (Lipinski definition) is 0. The van der Waals surface area contributed by atoms with Gasteiger partial charge in [-0.05, 0) is 91.6 Å². The van der Waals surface area contributed by atoms with Crippen LogP contribution in [0.25, 0.3) is 33.7 Å². The minimum absolute atomic E-state index is 0.609. The number of aromatic nitrogens is 1. The van der Waals surface area contributed by atoms with Crippen molar-refractivity contribution in [2.45, 2.75) is 20.8 Å². The molecule has 4 heteroatoms. The van der Waals surface area contributed by atoms with Gasteiger partial charge in [-0.15, -0.1) is 0 Å². The van der Waals surface area contributed by atoms with Crippen LogP contribution in [-0.4, -0.2) is 18.7 Å². The monoisotopic (exact) mass is 373 g/mol. The minimum Gasteiger partial charge on any atom is -0.496 e. The molecule has 4 aromatic rings. The molecule has 142 valence electrons. The maximum absolute atomic E-state index is 6.04. The van der Waals surface area contributed by atoms with Crippen LogP contribution in [-0.2, 0) is 0 Å². The Balaban J connectivity index is 1.70. The molecule has 0 saturated carbocycles. The summed E-state index contributed by atoms with van der Waals surface area (Å²) in [5.74, 6) is 2.38. The SMILES string of the molecule is CCOc1ccc(-c2nc3ccc(-c4cc(C)c(OC)c(C)c4)cc3o2)cc1. The van der Waals surface area contributed by atoms with Crippen molar-refractivity contribution < 1.29 is 13.9 Å². The van der Waals surface area contributed by atoms with Gasteiger partial charge < -0.3 is 13.9 Å². The fourth-order valence-corrected chi connectivity index (χ4v) is 3.53. The Morgan fingerprint density at radius 2 is 1.54 bits per heavy atom. The maximum Gasteiger partial charge on any atom is 0.227 e. The third-order valence-corrected chi connectivity index (χ3v) is 4.80. The summed E-state index contributed by atoms with van der Waals surface area (Å²) in [6, 6.07) is 18.2. The molecule has 0 unspecified atom stereocenters. The number of ether oxygens (including phenoxy) is 2. The van der Waals surface area contributed by atoms with Gasteiger partial charge in [0.1, 0.15) is 17.0 Å². The highest BCUT2D eigenvalue weighted by Crippen LogP contribution is 2.33. The summed E-state index contributed by atoms with van der Waals surface area (Å²) in [4.78, 5) is 4.63. The van der Waals surface area contributed by atoms with E-state index in [0.717, 1.165) is 50.4 Å². The molecule has 0 fully saturated rings. The quantitative estimate of drug-likeness (QED) is 0.419. The van der Waals surface area contributed by atoms with Crippen molar-refractivity contribution >= 4 is 11.1 Å². The molecule has 3 aromatic carbocycles. The van der Waals surface area contributed by atoms with Crippen molar-refractivity contribution in [3.63, 3.8) is 0 Å². The Morgan fingerprint density at radius 3 is 2.18 bits per heavy atom. The van der Waals surface area contributed by atoms with Gasteiger partial charge in [-0.25, -0.2) is 4.98 Å². The lowest BCUT2D eigenvalue weighted by Gasteiger charge is -2.11. The van der Waals surface area contributed by atoms with Gasteiger partial charge in [0.05, 0.1) is 13.7 Å². The van der Waals surface area contributed by atoms with Gasteiger partial charge >= 0.3 is 0 Å². The van der Waals surface area contributed by atoms with Gasteiger partial charge in [-0.2, -0.15) is 0 Å². The minimum atomic E-state index is 0.609. The lowest BCUT2D eigenvalue weighted by atomic mass is 9.99. The molecule has 0 saturated heterocycles. The van der Waals surface area contributed by atoms with Crippen LogP contribution in [0.3, 0.4) is 0 Å². The molecule has 0 radical (unpaired) electrons. The molecule has 0 N–H and O–H groups in total. The summed E-state index contributed by atoms with van der Waals surface area (Å²) in [5, 5.41) is 0. The van der Waals surface area contributed by atoms with Gasteiger partial charge in [0.2, 0.25) is 5.89 Å². The molecule has 0 amide bonds. The van der Waals surface area contributed by atoms with Crippen LogP contribution in [0.5, 0.6) is 11.5 Å². The van der Waals surface area contributed by atoms with Crippen LogP contribution < -0.4 is 9.47 Å². The molecule has 1 aromatic heterocycles. The molecule has 4 nitrogen and oxygen atoms in total. The van der Waals surface area contributed by atoms with Crippen LogP contribution in [0.1, 0.15) is 18.1 Å². The van der Waals surface area contributed by atoms with Crippen molar-refractivity contribution in [2.24, 2.45) is 0 Å². The number of rotatable bonds is 5. The number of benzene rings is 3. The van der Waals surface area contributed by atoms with E-state index < -0.39 is 0 Å². The van der Waals surface area contributed by atoms with Crippen LogP contribution in [0.2, 0.25) is 0 Å². The van der Waals surface area contributed by atoms with Crippen molar-refractivity contribution in [3.8, 4) is 34.1 Å². The molecule has 0 aliphatic rings. The van der Waals surface area contributed by atoms with E-state index in [-0.39, 0.29) is 0 Å². The molecule has 0 aliphatic heterocycles. The predicted molar refractivity (Wildman–Crippen MR) is 112 cm³/mol. The Hall–Kier alpha value is -3.27. The van der Waals surface area contributed by atoms with Crippen molar-refractivity contribution in [2.75, 3.05) is 13.7 Å². The van der Waals surface area contributed by atoms with Crippen molar-refractivity contribution in [1.29, 1.82) is 0 Å². The molecular formula is C24H23NO3. The second-order valence-corrected chi connectivity index (χ2v) is 6.80. The van der Waals surface area contributed by atoms with E-state index in [0.29, 0.717) is 12.5 Å². The molecule has 28 heavy (non-hydrogen) atoms. The van der Waals surface area contributed by atoms with E-state index in [1.54, 1.807) is 7.11 Å². The summed E-state index contributed by atoms with van der Waals surface area (Å²) >= 11 is 0. The Morgan fingerprint density at radius 1 is 0.857 bits per heavy atom. The molecule has 0 aliphatic carbocycles. The van der Waals surface area contributed by atoms with E-state index in [1.165, 1.54) is 0 Å². The van der Waals surface area contributed by atoms with E-state index in [2.05, 4.69) is 37.0 Å². The lowest BCUT2D eigenvalue weighted by molar-refractivity contribution is 0.340. The molecule has 0 atom stereocenters. The largest absolute Gasteiger partial charge is 0.496 e. The zero-order valence-electron chi connectivity index (χ0n) is 16.6. The smallest absolute Gasteiger partial charge is 0.227 e. The third kappa shape index (κ3) is 3.33. The van der Waals surface area contributed by atoms with E-state index >= 15 is 0 Å². The van der Waals surface area contributed by atoms with Gasteiger partial charge in [0.25, 0.3) is 0 Å². The summed E-state index contributed by atoms with van der Waals surface area (Å²) in [6.45, 7) is 6.74. The lowest BCUT2D eigenvalue weighted by Crippen LogP contribution is -1.92. The average Bonchev–Trinajstić information content (AvgIpc) is 3.12. The summed E-state index contributed by atoms with van der Waals surface area (Å²) in [6.07, 6.45) is 0. The number of hydrogen-bond acceptors (Lipinski definition) is 4. The first-order valence-electron chi connectivity index (χ1n) is 9.38. The van der Waals surface area contributed by atoms with Crippen LogP contribution in [0.15, 0.2) is 59.0 Å². The van der Waals surface area contributed by atoms with Gasteiger partial charge in [0, 0.05) is 5.56 Å². The third-order valence-electron chi connectivity index (χ3n) is 4.80. The molecule has 4 rings (SSSR count). The fraction of sp³-hybridized carbons (Fsp3) is 0.208. The first-order valence-corrected chi connectivity index (χ1v) is 9.38. The maximum atomic E-state index is 6.04. The normalized spacial score (nSPS) is 11.0. The summed E-state index contributed by atoms with van der Waals surface area (Å²) < 4.78 is 17.0. The molecule has 0 spiro atoms. The first-order chi connectivity index (χ1) is 13.6. The van der Waals surface area contributed by atoms with Crippen LogP contribution in [0.4, 0.5) is 0 Å². The van der Waals surface area contributed by atoms with E-state index in [1.807, 2.05) is 43.3 Å². The predicted octanol–water partition coefficient (Wildman–Crippen LogP) is 6.19.